The Kier molecular flexibility index (Phi) is 7.29. The molecule has 25 heavy (non-hydrogen) atoms. The summed E-state index contributed by atoms with van der Waals surface area (Å²) in [5.74, 6) is 4.81. The van der Waals surface area contributed by atoms with Crippen molar-refractivity contribution in [1.29, 1.82) is 0 Å². The van der Waals surface area contributed by atoms with E-state index in [2.05, 4.69) is 41.6 Å². The molecule has 1 heterocycles. The van der Waals surface area contributed by atoms with Gasteiger partial charge in [0.05, 0.1) is 14.2 Å². The van der Waals surface area contributed by atoms with Crippen molar-refractivity contribution in [3.05, 3.63) is 23.8 Å². The molecule has 1 aromatic rings. The average molecular weight is 366 g/mol. The molecule has 0 spiro atoms. The SMILES string of the molecule is CN=C(NCC(C)(C)c1ccc(OC)c(OC)c1)NC1CCCSC1. The van der Waals surface area contributed by atoms with Crippen molar-refractivity contribution in [2.75, 3.05) is 39.3 Å². The van der Waals surface area contributed by atoms with Gasteiger partial charge in [0.15, 0.2) is 17.5 Å². The van der Waals surface area contributed by atoms with Crippen LogP contribution in [0.4, 0.5) is 0 Å². The van der Waals surface area contributed by atoms with Gasteiger partial charge in [-0.3, -0.25) is 4.99 Å². The van der Waals surface area contributed by atoms with Gasteiger partial charge >= 0.3 is 0 Å². The van der Waals surface area contributed by atoms with Gasteiger partial charge in [0.25, 0.3) is 0 Å². The molecule has 0 amide bonds. The van der Waals surface area contributed by atoms with Crippen LogP contribution < -0.4 is 20.1 Å². The molecule has 2 rings (SSSR count). The van der Waals surface area contributed by atoms with E-state index in [1.165, 1.54) is 24.2 Å². The lowest BCUT2D eigenvalue weighted by atomic mass is 9.84. The first kappa shape index (κ1) is 19.8. The number of hydrogen-bond donors (Lipinski definition) is 2. The maximum atomic E-state index is 5.44. The van der Waals surface area contributed by atoms with E-state index in [0.717, 1.165) is 29.8 Å². The molecule has 1 aliphatic rings. The molecule has 1 unspecified atom stereocenters. The third kappa shape index (κ3) is 5.46. The number of nitrogens with one attached hydrogen (secondary N) is 2. The summed E-state index contributed by atoms with van der Waals surface area (Å²) in [5.41, 5.74) is 1.12. The molecule has 0 aliphatic carbocycles. The minimum absolute atomic E-state index is 0.0709. The van der Waals surface area contributed by atoms with Gasteiger partial charge in [0.2, 0.25) is 0 Å². The quantitative estimate of drug-likeness (QED) is 0.599. The number of nitrogens with zero attached hydrogens (tertiary/aromatic N) is 1. The second kappa shape index (κ2) is 9.22. The summed E-state index contributed by atoms with van der Waals surface area (Å²) < 4.78 is 10.8. The summed E-state index contributed by atoms with van der Waals surface area (Å²) in [4.78, 5) is 4.38. The van der Waals surface area contributed by atoms with E-state index in [4.69, 9.17) is 9.47 Å². The standard InChI is InChI=1S/C19H31N3O2S/c1-19(2,14-8-9-16(23-4)17(11-14)24-5)13-21-18(20-3)22-15-7-6-10-25-12-15/h8-9,11,15H,6-7,10,12-13H2,1-5H3,(H2,20,21,22). The van der Waals surface area contributed by atoms with Crippen LogP contribution in [0.3, 0.4) is 0 Å². The monoisotopic (exact) mass is 365 g/mol. The normalized spacial score (nSPS) is 18.6. The summed E-state index contributed by atoms with van der Waals surface area (Å²) in [6.45, 7) is 5.21. The lowest BCUT2D eigenvalue weighted by molar-refractivity contribution is 0.353. The molecule has 1 saturated heterocycles. The van der Waals surface area contributed by atoms with Crippen molar-refractivity contribution in [1.82, 2.24) is 10.6 Å². The Bertz CT molecular complexity index is 584. The van der Waals surface area contributed by atoms with E-state index >= 15 is 0 Å². The molecule has 0 bridgehead atoms. The van der Waals surface area contributed by atoms with Crippen LogP contribution in [-0.2, 0) is 5.41 Å². The van der Waals surface area contributed by atoms with Gasteiger partial charge in [-0.2, -0.15) is 11.8 Å². The van der Waals surface area contributed by atoms with E-state index < -0.39 is 0 Å². The fraction of sp³-hybridized carbons (Fsp3) is 0.632. The fourth-order valence-corrected chi connectivity index (χ4v) is 3.98. The Morgan fingerprint density at radius 3 is 2.64 bits per heavy atom. The van der Waals surface area contributed by atoms with Crippen LogP contribution in [0.25, 0.3) is 0 Å². The van der Waals surface area contributed by atoms with Crippen LogP contribution in [0.5, 0.6) is 11.5 Å². The van der Waals surface area contributed by atoms with Crippen molar-refractivity contribution in [2.24, 2.45) is 4.99 Å². The molecule has 1 fully saturated rings. The highest BCUT2D eigenvalue weighted by molar-refractivity contribution is 7.99. The lowest BCUT2D eigenvalue weighted by Gasteiger charge is -2.29. The number of ether oxygens (including phenoxy) is 2. The molecule has 1 aliphatic heterocycles. The Hall–Kier alpha value is -1.56. The predicted molar refractivity (Wildman–Crippen MR) is 107 cm³/mol. The minimum Gasteiger partial charge on any atom is -0.493 e. The van der Waals surface area contributed by atoms with Crippen LogP contribution in [0.1, 0.15) is 32.3 Å². The summed E-state index contributed by atoms with van der Waals surface area (Å²) >= 11 is 2.01. The second-order valence-corrected chi connectivity index (χ2v) is 8.09. The number of thioether (sulfide) groups is 1. The van der Waals surface area contributed by atoms with Crippen molar-refractivity contribution < 1.29 is 9.47 Å². The van der Waals surface area contributed by atoms with E-state index in [9.17, 15) is 0 Å². The molecule has 1 atom stereocenters. The maximum Gasteiger partial charge on any atom is 0.191 e. The van der Waals surface area contributed by atoms with Gasteiger partial charge in [-0.1, -0.05) is 19.9 Å². The average Bonchev–Trinajstić information content (AvgIpc) is 2.65. The molecule has 0 saturated carbocycles. The first-order chi connectivity index (χ1) is 12.0. The van der Waals surface area contributed by atoms with E-state index in [0.29, 0.717) is 6.04 Å². The molecule has 6 heteroatoms. The number of methoxy groups -OCH3 is 2. The first-order valence-electron chi connectivity index (χ1n) is 8.77. The topological polar surface area (TPSA) is 54.9 Å². The van der Waals surface area contributed by atoms with Crippen LogP contribution in [0.15, 0.2) is 23.2 Å². The highest BCUT2D eigenvalue weighted by Crippen LogP contribution is 2.32. The molecule has 1 aromatic carbocycles. The highest BCUT2D eigenvalue weighted by Gasteiger charge is 2.23. The zero-order valence-electron chi connectivity index (χ0n) is 16.0. The van der Waals surface area contributed by atoms with Gasteiger partial charge in [-0.15, -0.1) is 0 Å². The smallest absolute Gasteiger partial charge is 0.191 e. The number of rotatable bonds is 6. The largest absolute Gasteiger partial charge is 0.493 e. The molecule has 0 radical (unpaired) electrons. The Morgan fingerprint density at radius 1 is 1.28 bits per heavy atom. The fourth-order valence-electron chi connectivity index (χ4n) is 2.91. The zero-order valence-corrected chi connectivity index (χ0v) is 16.8. The van der Waals surface area contributed by atoms with Gasteiger partial charge in [0, 0.05) is 30.8 Å². The number of aliphatic imine (C=N–C) groups is 1. The van der Waals surface area contributed by atoms with E-state index in [1.54, 1.807) is 14.2 Å². The van der Waals surface area contributed by atoms with Crippen LogP contribution >= 0.6 is 11.8 Å². The molecular formula is C19H31N3O2S. The zero-order chi connectivity index (χ0) is 18.3. The Balaban J connectivity index is 1.99. The summed E-state index contributed by atoms with van der Waals surface area (Å²) in [7, 11) is 5.15. The second-order valence-electron chi connectivity index (χ2n) is 6.94. The minimum atomic E-state index is -0.0709. The molecule has 0 aromatic heterocycles. The van der Waals surface area contributed by atoms with Crippen molar-refractivity contribution >= 4 is 17.7 Å². The Morgan fingerprint density at radius 2 is 2.04 bits per heavy atom. The van der Waals surface area contributed by atoms with Crippen molar-refractivity contribution in [3.8, 4) is 11.5 Å². The summed E-state index contributed by atoms with van der Waals surface area (Å²) in [6, 6.07) is 6.61. The third-order valence-electron chi connectivity index (χ3n) is 4.59. The number of guanidine groups is 1. The maximum absolute atomic E-state index is 5.44. The molecular weight excluding hydrogens is 334 g/mol. The Labute approximate surface area is 156 Å². The van der Waals surface area contributed by atoms with Crippen LogP contribution in [-0.4, -0.2) is 51.3 Å². The summed E-state index contributed by atoms with van der Waals surface area (Å²) in [6.07, 6.45) is 2.49. The summed E-state index contributed by atoms with van der Waals surface area (Å²) in [5, 5.41) is 7.02. The van der Waals surface area contributed by atoms with Crippen molar-refractivity contribution in [3.63, 3.8) is 0 Å². The van der Waals surface area contributed by atoms with Crippen LogP contribution in [0.2, 0.25) is 0 Å². The van der Waals surface area contributed by atoms with Gasteiger partial charge in [-0.25, -0.2) is 0 Å². The third-order valence-corrected chi connectivity index (χ3v) is 5.80. The highest BCUT2D eigenvalue weighted by atomic mass is 32.2. The number of hydrogen-bond acceptors (Lipinski definition) is 4. The lowest BCUT2D eigenvalue weighted by Crippen LogP contribution is -2.48. The van der Waals surface area contributed by atoms with Gasteiger partial charge in [0.1, 0.15) is 0 Å². The molecule has 140 valence electrons. The first-order valence-corrected chi connectivity index (χ1v) is 9.93. The number of benzene rings is 1. The molecule has 2 N–H and O–H groups in total. The van der Waals surface area contributed by atoms with Gasteiger partial charge < -0.3 is 20.1 Å². The van der Waals surface area contributed by atoms with Crippen LogP contribution in [0, 0.1) is 0 Å². The van der Waals surface area contributed by atoms with E-state index in [-0.39, 0.29) is 5.41 Å². The van der Waals surface area contributed by atoms with Gasteiger partial charge in [-0.05, 0) is 36.3 Å². The van der Waals surface area contributed by atoms with Crippen molar-refractivity contribution in [2.45, 2.75) is 38.1 Å². The predicted octanol–water partition coefficient (Wildman–Crippen LogP) is 3.04. The molecule has 5 nitrogen and oxygen atoms in total. The van der Waals surface area contributed by atoms with E-state index in [1.807, 2.05) is 24.9 Å².